The summed E-state index contributed by atoms with van der Waals surface area (Å²) in [6, 6.07) is 5.10. The maximum absolute atomic E-state index is 13.3. The number of fused-ring (bicyclic) bond motifs is 1. The first-order chi connectivity index (χ1) is 10.1. The van der Waals surface area contributed by atoms with Crippen molar-refractivity contribution in [2.24, 2.45) is 0 Å². The SMILES string of the molecule is COc1cc[nH]c1C=O.Cc1ccc2c(c1F)CC(=O)N2. The molecule has 3 rings (SSSR count). The van der Waals surface area contributed by atoms with Gasteiger partial charge in [0.1, 0.15) is 17.3 Å². The largest absolute Gasteiger partial charge is 0.494 e. The van der Waals surface area contributed by atoms with Crippen LogP contribution in [0.15, 0.2) is 24.4 Å². The number of methoxy groups -OCH3 is 1. The van der Waals surface area contributed by atoms with E-state index in [1.165, 1.54) is 7.11 Å². The van der Waals surface area contributed by atoms with E-state index in [1.807, 2.05) is 0 Å². The molecular weight excluding hydrogens is 275 g/mol. The van der Waals surface area contributed by atoms with Crippen LogP contribution in [0, 0.1) is 12.7 Å². The van der Waals surface area contributed by atoms with Crippen molar-refractivity contribution in [3.8, 4) is 5.75 Å². The van der Waals surface area contributed by atoms with Gasteiger partial charge in [-0.1, -0.05) is 6.07 Å². The third-order valence-corrected chi connectivity index (χ3v) is 3.12. The van der Waals surface area contributed by atoms with E-state index >= 15 is 0 Å². The Morgan fingerprint density at radius 2 is 2.10 bits per heavy atom. The summed E-state index contributed by atoms with van der Waals surface area (Å²) in [7, 11) is 1.52. The molecule has 1 aliphatic rings. The maximum Gasteiger partial charge on any atom is 0.228 e. The van der Waals surface area contributed by atoms with Gasteiger partial charge in [-0.25, -0.2) is 4.39 Å². The number of rotatable bonds is 2. The summed E-state index contributed by atoms with van der Waals surface area (Å²) in [6.45, 7) is 1.69. The van der Waals surface area contributed by atoms with Crippen LogP contribution in [0.2, 0.25) is 0 Å². The lowest BCUT2D eigenvalue weighted by Gasteiger charge is -2.01. The van der Waals surface area contributed by atoms with Gasteiger partial charge in [-0.15, -0.1) is 0 Å². The molecule has 110 valence electrons. The van der Waals surface area contributed by atoms with Crippen LogP contribution in [0.1, 0.15) is 21.6 Å². The highest BCUT2D eigenvalue weighted by Gasteiger charge is 2.21. The van der Waals surface area contributed by atoms with Crippen molar-refractivity contribution in [1.82, 2.24) is 4.98 Å². The molecule has 0 saturated carbocycles. The minimum absolute atomic E-state index is 0.130. The lowest BCUT2D eigenvalue weighted by atomic mass is 10.1. The summed E-state index contributed by atoms with van der Waals surface area (Å²) in [6.07, 6.45) is 2.55. The number of aldehydes is 1. The van der Waals surface area contributed by atoms with Crippen LogP contribution in [-0.4, -0.2) is 24.3 Å². The fraction of sp³-hybridized carbons (Fsp3) is 0.200. The molecule has 1 amide bonds. The summed E-state index contributed by atoms with van der Waals surface area (Å²) >= 11 is 0. The van der Waals surface area contributed by atoms with Crippen LogP contribution in [-0.2, 0) is 11.2 Å². The molecule has 1 aromatic heterocycles. The molecule has 21 heavy (non-hydrogen) atoms. The number of benzene rings is 1. The van der Waals surface area contributed by atoms with E-state index in [1.54, 1.807) is 31.3 Å². The van der Waals surface area contributed by atoms with Gasteiger partial charge in [0.25, 0.3) is 0 Å². The van der Waals surface area contributed by atoms with Crippen LogP contribution in [0.25, 0.3) is 0 Å². The number of amides is 1. The summed E-state index contributed by atoms with van der Waals surface area (Å²) in [5.74, 6) is 0.199. The number of hydrogen-bond acceptors (Lipinski definition) is 3. The van der Waals surface area contributed by atoms with E-state index in [-0.39, 0.29) is 18.1 Å². The number of carbonyl (C=O) groups excluding carboxylic acids is 2. The van der Waals surface area contributed by atoms with Crippen molar-refractivity contribution in [1.29, 1.82) is 0 Å². The third kappa shape index (κ3) is 3.10. The first-order valence-corrected chi connectivity index (χ1v) is 6.31. The Morgan fingerprint density at radius 1 is 1.33 bits per heavy atom. The summed E-state index contributed by atoms with van der Waals surface area (Å²) in [5.41, 5.74) is 2.19. The number of aryl methyl sites for hydroxylation is 1. The number of anilines is 1. The fourth-order valence-corrected chi connectivity index (χ4v) is 2.02. The molecular formula is C15H15FN2O3. The van der Waals surface area contributed by atoms with E-state index in [4.69, 9.17) is 4.74 Å². The van der Waals surface area contributed by atoms with Gasteiger partial charge >= 0.3 is 0 Å². The van der Waals surface area contributed by atoms with Crippen molar-refractivity contribution in [3.05, 3.63) is 47.0 Å². The van der Waals surface area contributed by atoms with Gasteiger partial charge in [-0.3, -0.25) is 9.59 Å². The topological polar surface area (TPSA) is 71.2 Å². The molecule has 1 aliphatic heterocycles. The molecule has 6 heteroatoms. The quantitative estimate of drug-likeness (QED) is 0.835. The molecule has 0 spiro atoms. The van der Waals surface area contributed by atoms with Gasteiger partial charge in [0.05, 0.1) is 13.5 Å². The molecule has 2 aromatic rings. The van der Waals surface area contributed by atoms with Crippen molar-refractivity contribution in [2.45, 2.75) is 13.3 Å². The molecule has 0 radical (unpaired) electrons. The number of nitrogens with one attached hydrogen (secondary N) is 2. The van der Waals surface area contributed by atoms with Gasteiger partial charge in [0.15, 0.2) is 6.29 Å². The summed E-state index contributed by atoms with van der Waals surface area (Å²) < 4.78 is 18.1. The zero-order valence-corrected chi connectivity index (χ0v) is 11.7. The smallest absolute Gasteiger partial charge is 0.228 e. The Labute approximate surface area is 121 Å². The molecule has 1 aromatic carbocycles. The first-order valence-electron chi connectivity index (χ1n) is 6.31. The number of carbonyl (C=O) groups is 2. The molecule has 0 bridgehead atoms. The van der Waals surface area contributed by atoms with Crippen molar-refractivity contribution in [3.63, 3.8) is 0 Å². The highest BCUT2D eigenvalue weighted by atomic mass is 19.1. The van der Waals surface area contributed by atoms with Crippen LogP contribution in [0.4, 0.5) is 10.1 Å². The van der Waals surface area contributed by atoms with Gasteiger partial charge in [-0.2, -0.15) is 0 Å². The van der Waals surface area contributed by atoms with Gasteiger partial charge in [0.2, 0.25) is 5.91 Å². The van der Waals surface area contributed by atoms with Crippen molar-refractivity contribution < 1.29 is 18.7 Å². The number of aromatic amines is 1. The number of aromatic nitrogens is 1. The lowest BCUT2D eigenvalue weighted by molar-refractivity contribution is -0.115. The zero-order chi connectivity index (χ0) is 15.4. The number of ether oxygens (including phenoxy) is 1. The van der Waals surface area contributed by atoms with E-state index in [0.29, 0.717) is 28.3 Å². The van der Waals surface area contributed by atoms with Crippen LogP contribution >= 0.6 is 0 Å². The summed E-state index contributed by atoms with van der Waals surface area (Å²) in [5, 5.41) is 2.59. The van der Waals surface area contributed by atoms with Gasteiger partial charge in [-0.05, 0) is 24.6 Å². The van der Waals surface area contributed by atoms with Crippen molar-refractivity contribution >= 4 is 17.9 Å². The Morgan fingerprint density at radius 3 is 2.71 bits per heavy atom. The van der Waals surface area contributed by atoms with Crippen molar-refractivity contribution in [2.75, 3.05) is 12.4 Å². The fourth-order valence-electron chi connectivity index (χ4n) is 2.02. The molecule has 0 fully saturated rings. The van der Waals surface area contributed by atoms with E-state index in [0.717, 1.165) is 6.29 Å². The Bertz CT molecular complexity index is 680. The molecule has 0 saturated heterocycles. The minimum atomic E-state index is -0.258. The summed E-state index contributed by atoms with van der Waals surface area (Å²) in [4.78, 5) is 23.7. The van der Waals surface area contributed by atoms with Crippen LogP contribution in [0.5, 0.6) is 5.75 Å². The second-order valence-corrected chi connectivity index (χ2v) is 4.53. The third-order valence-electron chi connectivity index (χ3n) is 3.12. The van der Waals surface area contributed by atoms with Gasteiger partial charge in [0, 0.05) is 17.4 Å². The number of H-pyrrole nitrogens is 1. The molecule has 2 N–H and O–H groups in total. The predicted molar refractivity (Wildman–Crippen MR) is 76.2 cm³/mol. The number of halogens is 1. The lowest BCUT2D eigenvalue weighted by Crippen LogP contribution is -2.03. The van der Waals surface area contributed by atoms with Crippen LogP contribution in [0.3, 0.4) is 0 Å². The Hall–Kier alpha value is -2.63. The monoisotopic (exact) mass is 290 g/mol. The Kier molecular flexibility index (Phi) is 4.37. The molecule has 5 nitrogen and oxygen atoms in total. The van der Waals surface area contributed by atoms with Crippen LogP contribution < -0.4 is 10.1 Å². The molecule has 0 unspecified atom stereocenters. The molecule has 2 heterocycles. The molecule has 0 aliphatic carbocycles. The van der Waals surface area contributed by atoms with E-state index in [9.17, 15) is 14.0 Å². The molecule has 0 atom stereocenters. The van der Waals surface area contributed by atoms with Gasteiger partial charge < -0.3 is 15.0 Å². The second-order valence-electron chi connectivity index (χ2n) is 4.53. The van der Waals surface area contributed by atoms with E-state index < -0.39 is 0 Å². The minimum Gasteiger partial charge on any atom is -0.494 e. The normalized spacial score (nSPS) is 12.0. The second kappa shape index (κ2) is 6.21. The predicted octanol–water partition coefficient (Wildman–Crippen LogP) is 2.46. The number of hydrogen-bond donors (Lipinski definition) is 2. The highest BCUT2D eigenvalue weighted by Crippen LogP contribution is 2.27. The Balaban J connectivity index is 0.000000161. The zero-order valence-electron chi connectivity index (χ0n) is 11.7. The standard InChI is InChI=1S/C9H8FNO.C6H7NO2/c1-5-2-3-7-6(9(5)10)4-8(12)11-7;1-9-6-2-3-7-5(6)4-8/h2-3H,4H2,1H3,(H,11,12);2-4,7H,1H3. The average Bonchev–Trinajstić information content (AvgIpc) is 3.09. The first kappa shape index (κ1) is 14.8. The average molecular weight is 290 g/mol. The highest BCUT2D eigenvalue weighted by molar-refractivity contribution is 5.99. The maximum atomic E-state index is 13.3. The van der Waals surface area contributed by atoms with E-state index in [2.05, 4.69) is 10.3 Å².